The lowest BCUT2D eigenvalue weighted by Gasteiger charge is -2.21. The summed E-state index contributed by atoms with van der Waals surface area (Å²) in [6.07, 6.45) is 4.53. The Morgan fingerprint density at radius 2 is 1.65 bits per heavy atom. The smallest absolute Gasteiger partial charge is 0.322 e. The van der Waals surface area contributed by atoms with Crippen LogP contribution in [0.25, 0.3) is 0 Å². The molecule has 2 unspecified atom stereocenters. The van der Waals surface area contributed by atoms with Gasteiger partial charge in [0.1, 0.15) is 6.04 Å². The Hall–Kier alpha value is -0.650. The number of hydrogen-bond donors (Lipinski definition) is 4. The highest BCUT2D eigenvalue weighted by atomic mass is 16.4. The van der Waals surface area contributed by atoms with Crippen molar-refractivity contribution in [2.45, 2.75) is 64.1 Å². The summed E-state index contributed by atoms with van der Waals surface area (Å²) in [5.41, 5.74) is 17.1. The van der Waals surface area contributed by atoms with Gasteiger partial charge in [-0.1, -0.05) is 26.7 Å². The van der Waals surface area contributed by atoms with E-state index < -0.39 is 18.1 Å². The molecule has 0 aromatic heterocycles. The van der Waals surface area contributed by atoms with Gasteiger partial charge in [0.2, 0.25) is 0 Å². The van der Waals surface area contributed by atoms with Crippen LogP contribution in [0, 0.1) is 5.92 Å². The molecule has 0 aliphatic rings. The molecule has 3 atom stereocenters. The van der Waals surface area contributed by atoms with Gasteiger partial charge < -0.3 is 22.3 Å². The largest absolute Gasteiger partial charge is 0.480 e. The molecule has 17 heavy (non-hydrogen) atoms. The first kappa shape index (κ1) is 16.4. The third-order valence-electron chi connectivity index (χ3n) is 3.41. The van der Waals surface area contributed by atoms with E-state index in [0.29, 0.717) is 12.3 Å². The van der Waals surface area contributed by atoms with Gasteiger partial charge in [0.05, 0.1) is 0 Å². The Kier molecular flexibility index (Phi) is 8.12. The lowest BCUT2D eigenvalue weighted by atomic mass is 9.91. The highest BCUT2D eigenvalue weighted by Crippen LogP contribution is 2.16. The maximum Gasteiger partial charge on any atom is 0.322 e. The van der Waals surface area contributed by atoms with E-state index in [1.165, 1.54) is 0 Å². The zero-order chi connectivity index (χ0) is 13.4. The molecule has 5 nitrogen and oxygen atoms in total. The highest BCUT2D eigenvalue weighted by Gasteiger charge is 2.21. The van der Waals surface area contributed by atoms with Crippen molar-refractivity contribution >= 4 is 5.97 Å². The predicted octanol–water partition coefficient (Wildman–Crippen LogP) is 0.659. The molecule has 0 saturated heterocycles. The third kappa shape index (κ3) is 6.61. The number of carboxylic acid groups (broad SMARTS) is 1. The molecule has 102 valence electrons. The molecule has 0 bridgehead atoms. The van der Waals surface area contributed by atoms with Crippen molar-refractivity contribution in [3.8, 4) is 0 Å². The fourth-order valence-electron chi connectivity index (χ4n) is 1.94. The van der Waals surface area contributed by atoms with Crippen molar-refractivity contribution < 1.29 is 9.90 Å². The first-order chi connectivity index (χ1) is 7.92. The molecule has 0 aliphatic carbocycles. The van der Waals surface area contributed by atoms with Crippen molar-refractivity contribution in [1.82, 2.24) is 0 Å². The minimum atomic E-state index is -1.05. The zero-order valence-electron chi connectivity index (χ0n) is 10.9. The van der Waals surface area contributed by atoms with Gasteiger partial charge in [-0.2, -0.15) is 0 Å². The summed E-state index contributed by atoms with van der Waals surface area (Å²) in [5.74, 6) is -0.402. The highest BCUT2D eigenvalue weighted by molar-refractivity contribution is 5.74. The van der Waals surface area contributed by atoms with Crippen LogP contribution in [0.4, 0.5) is 0 Å². The molecule has 0 fully saturated rings. The van der Waals surface area contributed by atoms with E-state index in [2.05, 4.69) is 13.8 Å². The van der Waals surface area contributed by atoms with Gasteiger partial charge >= 0.3 is 5.97 Å². The van der Waals surface area contributed by atoms with Gasteiger partial charge in [0.25, 0.3) is 0 Å². The Bertz CT molecular complexity index is 220. The van der Waals surface area contributed by atoms with Crippen LogP contribution < -0.4 is 17.2 Å². The molecular formula is C12H27N3O2. The van der Waals surface area contributed by atoms with E-state index in [0.717, 1.165) is 25.7 Å². The van der Waals surface area contributed by atoms with E-state index in [1.807, 2.05) is 0 Å². The summed E-state index contributed by atoms with van der Waals surface area (Å²) >= 11 is 0. The number of carboxylic acids is 1. The van der Waals surface area contributed by atoms with Crippen molar-refractivity contribution in [3.63, 3.8) is 0 Å². The maximum atomic E-state index is 10.6. The Labute approximate surface area is 104 Å². The summed E-state index contributed by atoms with van der Waals surface area (Å²) in [4.78, 5) is 10.6. The minimum Gasteiger partial charge on any atom is -0.480 e. The van der Waals surface area contributed by atoms with Gasteiger partial charge in [0, 0.05) is 12.1 Å². The lowest BCUT2D eigenvalue weighted by Crippen LogP contribution is -2.47. The van der Waals surface area contributed by atoms with E-state index in [4.69, 9.17) is 22.3 Å². The molecule has 0 saturated carbocycles. The van der Waals surface area contributed by atoms with E-state index in [1.54, 1.807) is 0 Å². The summed E-state index contributed by atoms with van der Waals surface area (Å²) in [7, 11) is 0. The first-order valence-corrected chi connectivity index (χ1v) is 6.41. The quantitative estimate of drug-likeness (QED) is 0.476. The Morgan fingerprint density at radius 1 is 1.12 bits per heavy atom. The van der Waals surface area contributed by atoms with Crippen molar-refractivity contribution in [2.24, 2.45) is 23.1 Å². The van der Waals surface area contributed by atoms with Gasteiger partial charge in [-0.25, -0.2) is 0 Å². The second-order valence-electron chi connectivity index (χ2n) is 4.78. The van der Waals surface area contributed by atoms with Crippen LogP contribution in [-0.4, -0.2) is 29.2 Å². The summed E-state index contributed by atoms with van der Waals surface area (Å²) in [5, 5.41) is 8.70. The molecular weight excluding hydrogens is 218 g/mol. The number of rotatable bonds is 9. The molecule has 7 N–H and O–H groups in total. The fourth-order valence-corrected chi connectivity index (χ4v) is 1.94. The number of hydrogen-bond acceptors (Lipinski definition) is 4. The molecule has 0 rings (SSSR count). The number of nitrogens with two attached hydrogens (primary N) is 3. The van der Waals surface area contributed by atoms with Crippen LogP contribution in [0.1, 0.15) is 46.0 Å². The van der Waals surface area contributed by atoms with Gasteiger partial charge in [-0.15, -0.1) is 0 Å². The van der Waals surface area contributed by atoms with Crippen molar-refractivity contribution in [2.75, 3.05) is 0 Å². The van der Waals surface area contributed by atoms with Crippen LogP contribution in [-0.2, 0) is 4.79 Å². The molecule has 0 aliphatic heterocycles. The van der Waals surface area contributed by atoms with E-state index in [-0.39, 0.29) is 6.04 Å². The predicted molar refractivity (Wildman–Crippen MR) is 69.5 cm³/mol. The average molecular weight is 245 g/mol. The molecule has 0 spiro atoms. The standard InChI is InChI=1S/C12H27N3O2/c1-3-8(4-2)7-9(13)5-6-10(14)11(15)12(16)17/h8-11H,3-7,13-15H2,1-2H3,(H,16,17)/t9?,10?,11-/m0/s1. The van der Waals surface area contributed by atoms with Gasteiger partial charge in [0.15, 0.2) is 0 Å². The molecule has 0 amide bonds. The van der Waals surface area contributed by atoms with Crippen LogP contribution >= 0.6 is 0 Å². The van der Waals surface area contributed by atoms with Crippen molar-refractivity contribution in [1.29, 1.82) is 0 Å². The first-order valence-electron chi connectivity index (χ1n) is 6.41. The third-order valence-corrected chi connectivity index (χ3v) is 3.41. The van der Waals surface area contributed by atoms with Gasteiger partial charge in [-0.05, 0) is 25.2 Å². The molecule has 0 heterocycles. The zero-order valence-corrected chi connectivity index (χ0v) is 10.9. The van der Waals surface area contributed by atoms with E-state index in [9.17, 15) is 4.79 Å². The number of carbonyl (C=O) groups is 1. The van der Waals surface area contributed by atoms with Crippen LogP contribution in [0.3, 0.4) is 0 Å². The Balaban J connectivity index is 3.90. The lowest BCUT2D eigenvalue weighted by molar-refractivity contribution is -0.139. The van der Waals surface area contributed by atoms with E-state index >= 15 is 0 Å². The monoisotopic (exact) mass is 245 g/mol. The van der Waals surface area contributed by atoms with Gasteiger partial charge in [-0.3, -0.25) is 4.79 Å². The minimum absolute atomic E-state index is 0.0898. The maximum absolute atomic E-state index is 10.6. The molecule has 0 aromatic rings. The Morgan fingerprint density at radius 3 is 2.06 bits per heavy atom. The van der Waals surface area contributed by atoms with Crippen LogP contribution in [0.5, 0.6) is 0 Å². The summed E-state index contributed by atoms with van der Waals surface area (Å²) in [6, 6.07) is -1.41. The second kappa shape index (κ2) is 8.44. The molecule has 5 heteroatoms. The average Bonchev–Trinajstić information content (AvgIpc) is 2.31. The summed E-state index contributed by atoms with van der Waals surface area (Å²) in [6.45, 7) is 4.32. The molecule has 0 radical (unpaired) electrons. The number of aliphatic carboxylic acids is 1. The fraction of sp³-hybridized carbons (Fsp3) is 0.917. The topological polar surface area (TPSA) is 115 Å². The normalized spacial score (nSPS) is 16.8. The second-order valence-corrected chi connectivity index (χ2v) is 4.78. The molecule has 0 aromatic carbocycles. The summed E-state index contributed by atoms with van der Waals surface area (Å²) < 4.78 is 0. The van der Waals surface area contributed by atoms with Crippen LogP contribution in [0.15, 0.2) is 0 Å². The SMILES string of the molecule is CCC(CC)CC(N)CCC(N)[C@H](N)C(=O)O. The van der Waals surface area contributed by atoms with Crippen LogP contribution in [0.2, 0.25) is 0 Å². The van der Waals surface area contributed by atoms with Crippen molar-refractivity contribution in [3.05, 3.63) is 0 Å².